The summed E-state index contributed by atoms with van der Waals surface area (Å²) in [6.07, 6.45) is 2.92. The van der Waals surface area contributed by atoms with Gasteiger partial charge in [-0.2, -0.15) is 0 Å². The van der Waals surface area contributed by atoms with Crippen LogP contribution in [0.3, 0.4) is 0 Å². The van der Waals surface area contributed by atoms with Gasteiger partial charge in [0.15, 0.2) is 0 Å². The van der Waals surface area contributed by atoms with Crippen LogP contribution in [-0.4, -0.2) is 19.0 Å². The Kier molecular flexibility index (Phi) is 2.78. The van der Waals surface area contributed by atoms with Gasteiger partial charge in [-0.3, -0.25) is 4.79 Å². The number of hydrogen-bond donors (Lipinski definition) is 1. The lowest BCUT2D eigenvalue weighted by Crippen LogP contribution is -2.02. The summed E-state index contributed by atoms with van der Waals surface area (Å²) in [5, 5.41) is 2.70. The maximum atomic E-state index is 11.5. The summed E-state index contributed by atoms with van der Waals surface area (Å²) < 4.78 is 4.51. The number of hydrogen-bond acceptors (Lipinski definition) is 3. The Morgan fingerprint density at radius 2 is 2.24 bits per heavy atom. The van der Waals surface area contributed by atoms with Crippen LogP contribution in [0.15, 0.2) is 30.9 Å². The number of nitrogens with one attached hydrogen (secondary N) is 1. The quantitative estimate of drug-likeness (QED) is 0.621. The normalized spacial score (nSPS) is 13.7. The summed E-state index contributed by atoms with van der Waals surface area (Å²) in [5.41, 5.74) is 2.62. The van der Waals surface area contributed by atoms with Gasteiger partial charge in [0.25, 0.3) is 5.91 Å². The van der Waals surface area contributed by atoms with Gasteiger partial charge in [-0.15, -0.1) is 0 Å². The van der Waals surface area contributed by atoms with E-state index in [9.17, 15) is 9.59 Å². The van der Waals surface area contributed by atoms with Crippen LogP contribution in [0.2, 0.25) is 0 Å². The maximum absolute atomic E-state index is 11.5. The number of rotatable bonds is 2. The summed E-state index contributed by atoms with van der Waals surface area (Å²) in [6, 6.07) is 5.40. The van der Waals surface area contributed by atoms with Crippen molar-refractivity contribution in [3.8, 4) is 0 Å². The molecule has 0 aliphatic carbocycles. The monoisotopic (exact) mass is 229 g/mol. The second-order valence-corrected chi connectivity index (χ2v) is 3.56. The summed E-state index contributed by atoms with van der Waals surface area (Å²) >= 11 is 0. The van der Waals surface area contributed by atoms with Crippen LogP contribution < -0.4 is 5.32 Å². The lowest BCUT2D eigenvalue weighted by molar-refractivity contribution is -0.134. The molecule has 0 atom stereocenters. The molecular weight excluding hydrogens is 218 g/mol. The smallest absolute Gasteiger partial charge is 0.330 e. The molecule has 1 aliphatic rings. The van der Waals surface area contributed by atoms with Crippen LogP contribution >= 0.6 is 0 Å². The van der Waals surface area contributed by atoms with Gasteiger partial charge in [0.05, 0.1) is 7.11 Å². The van der Waals surface area contributed by atoms with Crippen LogP contribution in [0, 0.1) is 0 Å². The Morgan fingerprint density at radius 3 is 2.94 bits per heavy atom. The number of carbonyl (C=O) groups excluding carboxylic acids is 2. The minimum Gasteiger partial charge on any atom is -0.466 e. The minimum absolute atomic E-state index is 0.209. The molecule has 0 bridgehead atoms. The summed E-state index contributed by atoms with van der Waals surface area (Å²) in [5.74, 6) is -0.649. The minimum atomic E-state index is -0.439. The predicted molar refractivity (Wildman–Crippen MR) is 65.2 cm³/mol. The van der Waals surface area contributed by atoms with Gasteiger partial charge in [0.1, 0.15) is 0 Å². The first-order chi connectivity index (χ1) is 8.13. The summed E-state index contributed by atoms with van der Waals surface area (Å²) in [4.78, 5) is 22.5. The van der Waals surface area contributed by atoms with Crippen molar-refractivity contribution in [2.45, 2.75) is 0 Å². The van der Waals surface area contributed by atoms with Crippen molar-refractivity contribution in [1.29, 1.82) is 0 Å². The molecule has 0 radical (unpaired) electrons. The molecule has 0 aromatic heterocycles. The van der Waals surface area contributed by atoms with Gasteiger partial charge < -0.3 is 10.1 Å². The third-order valence-electron chi connectivity index (χ3n) is 2.52. The van der Waals surface area contributed by atoms with Crippen LogP contribution in [0.1, 0.15) is 11.1 Å². The van der Waals surface area contributed by atoms with Gasteiger partial charge in [0.2, 0.25) is 0 Å². The molecular formula is C13H11NO3. The molecule has 17 heavy (non-hydrogen) atoms. The van der Waals surface area contributed by atoms with Crippen molar-refractivity contribution < 1.29 is 14.3 Å². The molecule has 1 amide bonds. The highest BCUT2D eigenvalue weighted by Gasteiger charge is 2.23. The van der Waals surface area contributed by atoms with E-state index < -0.39 is 5.97 Å². The van der Waals surface area contributed by atoms with Crippen molar-refractivity contribution in [1.82, 2.24) is 0 Å². The average Bonchev–Trinajstić information content (AvgIpc) is 2.63. The van der Waals surface area contributed by atoms with E-state index in [1.54, 1.807) is 18.2 Å². The van der Waals surface area contributed by atoms with E-state index in [0.29, 0.717) is 11.3 Å². The van der Waals surface area contributed by atoms with Crippen molar-refractivity contribution in [2.75, 3.05) is 12.4 Å². The van der Waals surface area contributed by atoms with Crippen LogP contribution in [0.5, 0.6) is 0 Å². The average molecular weight is 229 g/mol. The number of carbonyl (C=O) groups is 2. The van der Waals surface area contributed by atoms with Gasteiger partial charge in [0, 0.05) is 22.9 Å². The Morgan fingerprint density at radius 1 is 1.47 bits per heavy atom. The van der Waals surface area contributed by atoms with E-state index in [1.807, 2.05) is 6.07 Å². The van der Waals surface area contributed by atoms with Crippen LogP contribution in [0.4, 0.5) is 5.69 Å². The maximum Gasteiger partial charge on any atom is 0.330 e. The Bertz CT molecular complexity index is 544. The Labute approximate surface area is 98.6 Å². The van der Waals surface area contributed by atoms with Gasteiger partial charge >= 0.3 is 5.97 Å². The number of amides is 1. The first-order valence-corrected chi connectivity index (χ1v) is 5.03. The highest BCUT2D eigenvalue weighted by Crippen LogP contribution is 2.33. The fourth-order valence-electron chi connectivity index (χ4n) is 1.69. The first-order valence-electron chi connectivity index (χ1n) is 5.03. The highest BCUT2D eigenvalue weighted by atomic mass is 16.5. The molecule has 1 aromatic carbocycles. The summed E-state index contributed by atoms with van der Waals surface area (Å²) in [6.45, 7) is 3.72. The molecule has 2 rings (SSSR count). The molecule has 1 heterocycles. The SMILES string of the molecule is C=C1C(=O)Nc2cccc(/C=C/C(=O)OC)c21. The van der Waals surface area contributed by atoms with E-state index in [2.05, 4.69) is 16.6 Å². The molecule has 86 valence electrons. The fourth-order valence-corrected chi connectivity index (χ4v) is 1.69. The molecule has 1 N–H and O–H groups in total. The van der Waals surface area contributed by atoms with Crippen molar-refractivity contribution >= 4 is 29.2 Å². The predicted octanol–water partition coefficient (Wildman–Crippen LogP) is 1.84. The second kappa shape index (κ2) is 4.25. The molecule has 0 unspecified atom stereocenters. The van der Waals surface area contributed by atoms with Gasteiger partial charge in [-0.1, -0.05) is 18.7 Å². The summed E-state index contributed by atoms with van der Waals surface area (Å²) in [7, 11) is 1.31. The molecule has 1 aliphatic heterocycles. The lowest BCUT2D eigenvalue weighted by Gasteiger charge is -2.02. The van der Waals surface area contributed by atoms with Crippen molar-refractivity contribution in [3.05, 3.63) is 42.0 Å². The van der Waals surface area contributed by atoms with E-state index in [1.165, 1.54) is 13.2 Å². The standard InChI is InChI=1S/C13H11NO3/c1-8-12-9(6-7-11(15)17-2)4-3-5-10(12)14-13(8)16/h3-7H,1H2,2H3,(H,14,16)/b7-6+. The topological polar surface area (TPSA) is 55.4 Å². The van der Waals surface area contributed by atoms with E-state index in [-0.39, 0.29) is 5.91 Å². The van der Waals surface area contributed by atoms with E-state index in [0.717, 1.165) is 11.1 Å². The third kappa shape index (κ3) is 1.97. The zero-order valence-corrected chi connectivity index (χ0v) is 9.32. The van der Waals surface area contributed by atoms with Crippen LogP contribution in [-0.2, 0) is 14.3 Å². The number of anilines is 1. The zero-order chi connectivity index (χ0) is 12.4. The lowest BCUT2D eigenvalue weighted by atomic mass is 10.0. The molecule has 4 nitrogen and oxygen atoms in total. The first kappa shape index (κ1) is 11.1. The molecule has 0 spiro atoms. The molecule has 4 heteroatoms. The number of methoxy groups -OCH3 is 1. The van der Waals surface area contributed by atoms with E-state index in [4.69, 9.17) is 0 Å². The van der Waals surface area contributed by atoms with Gasteiger partial charge in [-0.05, 0) is 17.7 Å². The molecule has 0 saturated heterocycles. The number of esters is 1. The Hall–Kier alpha value is -2.36. The number of fused-ring (bicyclic) bond motifs is 1. The molecule has 0 fully saturated rings. The van der Waals surface area contributed by atoms with Crippen LogP contribution in [0.25, 0.3) is 11.6 Å². The third-order valence-corrected chi connectivity index (χ3v) is 2.52. The highest BCUT2D eigenvalue weighted by molar-refractivity contribution is 6.31. The molecule has 1 aromatic rings. The second-order valence-electron chi connectivity index (χ2n) is 3.56. The van der Waals surface area contributed by atoms with Crippen molar-refractivity contribution in [2.24, 2.45) is 0 Å². The van der Waals surface area contributed by atoms with Crippen molar-refractivity contribution in [3.63, 3.8) is 0 Å². The fraction of sp³-hybridized carbons (Fsp3) is 0.0769. The van der Waals surface area contributed by atoms with Gasteiger partial charge in [-0.25, -0.2) is 4.79 Å². The van der Waals surface area contributed by atoms with E-state index >= 15 is 0 Å². The zero-order valence-electron chi connectivity index (χ0n) is 9.32. The Balaban J connectivity index is 2.42. The molecule has 0 saturated carbocycles. The number of ether oxygens (including phenoxy) is 1. The number of benzene rings is 1. The largest absolute Gasteiger partial charge is 0.466 e.